The third-order valence-corrected chi connectivity index (χ3v) is 3.38. The van der Waals surface area contributed by atoms with Crippen molar-refractivity contribution < 1.29 is 9.47 Å². The van der Waals surface area contributed by atoms with Crippen molar-refractivity contribution in [3.63, 3.8) is 0 Å². The van der Waals surface area contributed by atoms with E-state index in [2.05, 4.69) is 15.5 Å². The van der Waals surface area contributed by atoms with Crippen molar-refractivity contribution >= 4 is 16.6 Å². The molecule has 2 aromatic carbocycles. The quantitative estimate of drug-likeness (QED) is 0.755. The van der Waals surface area contributed by atoms with Gasteiger partial charge in [0.05, 0.1) is 25.9 Å². The second-order valence-electron chi connectivity index (χ2n) is 4.71. The van der Waals surface area contributed by atoms with E-state index in [0.29, 0.717) is 6.54 Å². The molecule has 1 heterocycles. The van der Waals surface area contributed by atoms with E-state index >= 15 is 0 Å². The Labute approximate surface area is 122 Å². The Kier molecular flexibility index (Phi) is 3.64. The molecule has 0 fully saturated rings. The van der Waals surface area contributed by atoms with Crippen molar-refractivity contribution in [1.29, 1.82) is 0 Å². The number of aromatic amines is 1. The third-order valence-electron chi connectivity index (χ3n) is 3.38. The first-order chi connectivity index (χ1) is 10.3. The predicted octanol–water partition coefficient (Wildman–Crippen LogP) is 3.19. The van der Waals surface area contributed by atoms with Gasteiger partial charge in [-0.05, 0) is 29.8 Å². The maximum absolute atomic E-state index is 5.28. The molecule has 0 atom stereocenters. The van der Waals surface area contributed by atoms with Crippen molar-refractivity contribution in [2.75, 3.05) is 19.5 Å². The van der Waals surface area contributed by atoms with Gasteiger partial charge in [0.1, 0.15) is 11.5 Å². The van der Waals surface area contributed by atoms with Crippen LogP contribution in [0.25, 0.3) is 10.9 Å². The van der Waals surface area contributed by atoms with E-state index in [9.17, 15) is 0 Å². The molecule has 0 radical (unpaired) electrons. The summed E-state index contributed by atoms with van der Waals surface area (Å²) in [6.07, 6.45) is 1.82. The minimum Gasteiger partial charge on any atom is -0.497 e. The number of benzene rings is 2. The fraction of sp³-hybridized carbons (Fsp3) is 0.188. The second kappa shape index (κ2) is 5.75. The van der Waals surface area contributed by atoms with Gasteiger partial charge < -0.3 is 14.8 Å². The van der Waals surface area contributed by atoms with E-state index in [-0.39, 0.29) is 0 Å². The molecule has 0 unspecified atom stereocenters. The fourth-order valence-electron chi connectivity index (χ4n) is 2.29. The van der Waals surface area contributed by atoms with Gasteiger partial charge in [-0.3, -0.25) is 5.10 Å². The Morgan fingerprint density at radius 2 is 1.86 bits per heavy atom. The molecule has 0 aliphatic carbocycles. The fourth-order valence-corrected chi connectivity index (χ4v) is 2.29. The predicted molar refractivity (Wildman–Crippen MR) is 83.0 cm³/mol. The third kappa shape index (κ3) is 2.76. The summed E-state index contributed by atoms with van der Waals surface area (Å²) in [4.78, 5) is 0. The van der Waals surface area contributed by atoms with Gasteiger partial charge >= 0.3 is 0 Å². The van der Waals surface area contributed by atoms with Crippen LogP contribution < -0.4 is 14.8 Å². The lowest BCUT2D eigenvalue weighted by Gasteiger charge is -2.11. The smallest absolute Gasteiger partial charge is 0.122 e. The van der Waals surface area contributed by atoms with Gasteiger partial charge in [-0.2, -0.15) is 5.10 Å². The second-order valence-corrected chi connectivity index (χ2v) is 4.71. The van der Waals surface area contributed by atoms with Crippen LogP contribution in [0.4, 0.5) is 5.69 Å². The molecule has 5 heteroatoms. The SMILES string of the molecule is COc1cc(CNc2cccc3[nH]ncc23)cc(OC)c1. The Morgan fingerprint density at radius 1 is 1.10 bits per heavy atom. The molecule has 1 aromatic heterocycles. The molecule has 108 valence electrons. The van der Waals surface area contributed by atoms with Gasteiger partial charge in [-0.25, -0.2) is 0 Å². The molecule has 0 saturated heterocycles. The Balaban J connectivity index is 1.83. The van der Waals surface area contributed by atoms with Gasteiger partial charge in [0, 0.05) is 23.7 Å². The van der Waals surface area contributed by atoms with Gasteiger partial charge in [-0.1, -0.05) is 6.07 Å². The van der Waals surface area contributed by atoms with Gasteiger partial charge in [0.15, 0.2) is 0 Å². The molecule has 0 amide bonds. The van der Waals surface area contributed by atoms with Crippen LogP contribution in [-0.2, 0) is 6.54 Å². The molecule has 5 nitrogen and oxygen atoms in total. The van der Waals surface area contributed by atoms with Crippen molar-refractivity contribution in [1.82, 2.24) is 10.2 Å². The van der Waals surface area contributed by atoms with Crippen molar-refractivity contribution in [3.05, 3.63) is 48.2 Å². The molecule has 0 aliphatic heterocycles. The highest BCUT2D eigenvalue weighted by atomic mass is 16.5. The van der Waals surface area contributed by atoms with Crippen molar-refractivity contribution in [2.24, 2.45) is 0 Å². The number of hydrogen-bond acceptors (Lipinski definition) is 4. The lowest BCUT2D eigenvalue weighted by Crippen LogP contribution is -2.00. The van der Waals surface area contributed by atoms with E-state index in [1.807, 2.05) is 42.6 Å². The Morgan fingerprint density at radius 3 is 2.57 bits per heavy atom. The zero-order valence-electron chi connectivity index (χ0n) is 12.0. The average molecular weight is 283 g/mol. The highest BCUT2D eigenvalue weighted by Crippen LogP contribution is 2.25. The summed E-state index contributed by atoms with van der Waals surface area (Å²) in [5.74, 6) is 1.57. The molecule has 2 N–H and O–H groups in total. The normalized spacial score (nSPS) is 10.6. The maximum atomic E-state index is 5.28. The largest absolute Gasteiger partial charge is 0.497 e. The number of ether oxygens (including phenoxy) is 2. The monoisotopic (exact) mass is 283 g/mol. The number of methoxy groups -OCH3 is 2. The molecular formula is C16H17N3O2. The first-order valence-corrected chi connectivity index (χ1v) is 6.68. The first-order valence-electron chi connectivity index (χ1n) is 6.68. The summed E-state index contributed by atoms with van der Waals surface area (Å²) < 4.78 is 10.6. The summed E-state index contributed by atoms with van der Waals surface area (Å²) in [5.41, 5.74) is 3.15. The maximum Gasteiger partial charge on any atom is 0.122 e. The van der Waals surface area contributed by atoms with Gasteiger partial charge in [0.2, 0.25) is 0 Å². The minimum absolute atomic E-state index is 0.678. The van der Waals surface area contributed by atoms with Crippen molar-refractivity contribution in [2.45, 2.75) is 6.54 Å². The zero-order valence-corrected chi connectivity index (χ0v) is 12.0. The van der Waals surface area contributed by atoms with Crippen LogP contribution in [0.3, 0.4) is 0 Å². The Bertz CT molecular complexity index is 730. The van der Waals surface area contributed by atoms with E-state index in [1.54, 1.807) is 14.2 Å². The number of fused-ring (bicyclic) bond motifs is 1. The van der Waals surface area contributed by atoms with E-state index in [1.165, 1.54) is 0 Å². The first kappa shape index (κ1) is 13.3. The molecule has 0 saturated carbocycles. The number of aromatic nitrogens is 2. The van der Waals surface area contributed by atoms with Gasteiger partial charge in [0.25, 0.3) is 0 Å². The number of nitrogens with one attached hydrogen (secondary N) is 2. The molecule has 0 aliphatic rings. The number of anilines is 1. The van der Waals surface area contributed by atoms with Crippen LogP contribution >= 0.6 is 0 Å². The number of hydrogen-bond donors (Lipinski definition) is 2. The van der Waals surface area contributed by atoms with E-state index < -0.39 is 0 Å². The summed E-state index contributed by atoms with van der Waals surface area (Å²) in [7, 11) is 3.30. The molecule has 3 rings (SSSR count). The Hall–Kier alpha value is -2.69. The molecular weight excluding hydrogens is 266 g/mol. The van der Waals surface area contributed by atoms with Crippen LogP contribution in [-0.4, -0.2) is 24.4 Å². The molecule has 21 heavy (non-hydrogen) atoms. The topological polar surface area (TPSA) is 59.2 Å². The minimum atomic E-state index is 0.678. The lowest BCUT2D eigenvalue weighted by molar-refractivity contribution is 0.393. The molecule has 0 spiro atoms. The van der Waals surface area contributed by atoms with Gasteiger partial charge in [-0.15, -0.1) is 0 Å². The highest BCUT2D eigenvalue weighted by Gasteiger charge is 2.04. The summed E-state index contributed by atoms with van der Waals surface area (Å²) in [5, 5.41) is 11.5. The van der Waals surface area contributed by atoms with E-state index in [4.69, 9.17) is 9.47 Å². The highest BCUT2D eigenvalue weighted by molar-refractivity contribution is 5.90. The average Bonchev–Trinajstić information content (AvgIpc) is 3.01. The van der Waals surface area contributed by atoms with E-state index in [0.717, 1.165) is 33.7 Å². The number of rotatable bonds is 5. The zero-order chi connectivity index (χ0) is 14.7. The van der Waals surface area contributed by atoms with Crippen LogP contribution in [0.15, 0.2) is 42.6 Å². The summed E-state index contributed by atoms with van der Waals surface area (Å²) >= 11 is 0. The molecule has 3 aromatic rings. The number of nitrogens with zero attached hydrogens (tertiary/aromatic N) is 1. The molecule has 0 bridgehead atoms. The summed E-state index contributed by atoms with van der Waals surface area (Å²) in [6, 6.07) is 11.9. The number of H-pyrrole nitrogens is 1. The van der Waals surface area contributed by atoms with Crippen LogP contribution in [0.5, 0.6) is 11.5 Å². The van der Waals surface area contributed by atoms with Crippen molar-refractivity contribution in [3.8, 4) is 11.5 Å². The lowest BCUT2D eigenvalue weighted by atomic mass is 10.1. The van der Waals surface area contributed by atoms with Crippen LogP contribution in [0.2, 0.25) is 0 Å². The standard InChI is InChI=1S/C16H17N3O2/c1-20-12-6-11(7-13(8-12)21-2)9-17-15-4-3-5-16-14(15)10-18-19-16/h3-8,10,17H,9H2,1-2H3,(H,18,19). The van der Waals surface area contributed by atoms with Crippen LogP contribution in [0.1, 0.15) is 5.56 Å². The summed E-state index contributed by atoms with van der Waals surface area (Å²) in [6.45, 7) is 0.678. The van der Waals surface area contributed by atoms with Crippen LogP contribution in [0, 0.1) is 0 Å².